The summed E-state index contributed by atoms with van der Waals surface area (Å²) in [6, 6.07) is 18.7. The van der Waals surface area contributed by atoms with Gasteiger partial charge in [0.05, 0.1) is 20.1 Å². The first-order chi connectivity index (χ1) is 18.0. The number of benzene rings is 3. The fourth-order valence-corrected chi connectivity index (χ4v) is 4.93. The molecule has 1 N–H and O–H groups in total. The molecule has 8 heteroatoms. The molecular weight excluding hydrogens is 472 g/mol. The zero-order valence-electron chi connectivity index (χ0n) is 21.2. The Balaban J connectivity index is 1.39. The van der Waals surface area contributed by atoms with Crippen LogP contribution in [-0.2, 0) is 11.3 Å². The number of nitrogens with one attached hydrogen (secondary N) is 1. The standard InChI is InChI=1S/C29H30N2O6/c1-18-4-7-20(8-5-18)29(33)31-15-23(22-10-9-21(34-2)13-26(22)35-3)24(16-31)28(32)30-14-19-6-11-25-27(12-19)37-17-36-25/h4-13,23-24H,14-17H2,1-3H3,(H,30,32)/t23-,24-/m0/s1. The van der Waals surface area contributed by atoms with Crippen molar-refractivity contribution in [2.24, 2.45) is 5.92 Å². The molecule has 3 aromatic carbocycles. The van der Waals surface area contributed by atoms with Gasteiger partial charge in [-0.2, -0.15) is 0 Å². The highest BCUT2D eigenvalue weighted by Crippen LogP contribution is 2.40. The number of rotatable bonds is 7. The lowest BCUT2D eigenvalue weighted by Gasteiger charge is -2.21. The van der Waals surface area contributed by atoms with E-state index in [-0.39, 0.29) is 24.5 Å². The predicted molar refractivity (Wildman–Crippen MR) is 137 cm³/mol. The van der Waals surface area contributed by atoms with Crippen molar-refractivity contribution in [1.29, 1.82) is 0 Å². The van der Waals surface area contributed by atoms with Crippen LogP contribution in [0.1, 0.15) is 33.0 Å². The number of amides is 2. The lowest BCUT2D eigenvalue weighted by atomic mass is 9.87. The molecule has 2 aliphatic rings. The number of ether oxygens (including phenoxy) is 4. The molecular formula is C29H30N2O6. The van der Waals surface area contributed by atoms with Gasteiger partial charge < -0.3 is 29.2 Å². The van der Waals surface area contributed by atoms with Crippen LogP contribution in [0.25, 0.3) is 0 Å². The summed E-state index contributed by atoms with van der Waals surface area (Å²) in [6.07, 6.45) is 0. The normalized spacial score (nSPS) is 18.0. The molecule has 37 heavy (non-hydrogen) atoms. The number of nitrogens with zero attached hydrogens (tertiary/aromatic N) is 1. The van der Waals surface area contributed by atoms with Gasteiger partial charge >= 0.3 is 0 Å². The zero-order valence-corrected chi connectivity index (χ0v) is 21.2. The number of carbonyl (C=O) groups is 2. The van der Waals surface area contributed by atoms with Crippen molar-refractivity contribution in [2.75, 3.05) is 34.1 Å². The highest BCUT2D eigenvalue weighted by Gasteiger charge is 2.41. The van der Waals surface area contributed by atoms with Gasteiger partial charge in [0.15, 0.2) is 11.5 Å². The van der Waals surface area contributed by atoms with Gasteiger partial charge in [0, 0.05) is 42.7 Å². The van der Waals surface area contributed by atoms with Gasteiger partial charge in [-0.25, -0.2) is 0 Å². The summed E-state index contributed by atoms with van der Waals surface area (Å²) in [5.41, 5.74) is 3.46. The second-order valence-electron chi connectivity index (χ2n) is 9.30. The molecule has 192 valence electrons. The Morgan fingerprint density at radius 2 is 1.73 bits per heavy atom. The highest BCUT2D eigenvalue weighted by atomic mass is 16.7. The van der Waals surface area contributed by atoms with Crippen LogP contribution in [0.2, 0.25) is 0 Å². The van der Waals surface area contributed by atoms with E-state index in [0.717, 1.165) is 16.7 Å². The van der Waals surface area contributed by atoms with Crippen LogP contribution in [0.3, 0.4) is 0 Å². The number of aryl methyl sites for hydroxylation is 1. The summed E-state index contributed by atoms with van der Waals surface area (Å²) in [4.78, 5) is 28.7. The molecule has 2 aliphatic heterocycles. The fourth-order valence-electron chi connectivity index (χ4n) is 4.93. The van der Waals surface area contributed by atoms with Crippen LogP contribution in [0.4, 0.5) is 0 Å². The topological polar surface area (TPSA) is 86.3 Å². The monoisotopic (exact) mass is 502 g/mol. The van der Waals surface area contributed by atoms with Crippen molar-refractivity contribution in [2.45, 2.75) is 19.4 Å². The molecule has 0 bridgehead atoms. The maximum atomic E-state index is 13.5. The van der Waals surface area contributed by atoms with Crippen LogP contribution < -0.4 is 24.3 Å². The number of hydrogen-bond donors (Lipinski definition) is 1. The third-order valence-corrected chi connectivity index (χ3v) is 6.99. The van der Waals surface area contributed by atoms with Crippen LogP contribution in [0, 0.1) is 12.8 Å². The Hall–Kier alpha value is -4.20. The molecule has 0 spiro atoms. The van der Waals surface area contributed by atoms with Crippen molar-refractivity contribution < 1.29 is 28.5 Å². The molecule has 8 nitrogen and oxygen atoms in total. The smallest absolute Gasteiger partial charge is 0.253 e. The first-order valence-corrected chi connectivity index (χ1v) is 12.2. The Morgan fingerprint density at radius 3 is 2.49 bits per heavy atom. The van der Waals surface area contributed by atoms with Crippen LogP contribution >= 0.6 is 0 Å². The summed E-state index contributed by atoms with van der Waals surface area (Å²) < 4.78 is 21.8. The minimum Gasteiger partial charge on any atom is -0.497 e. The van der Waals surface area contributed by atoms with E-state index < -0.39 is 5.92 Å². The largest absolute Gasteiger partial charge is 0.497 e. The molecule has 3 aromatic rings. The van der Waals surface area contributed by atoms with Crippen LogP contribution in [0.5, 0.6) is 23.0 Å². The lowest BCUT2D eigenvalue weighted by Crippen LogP contribution is -2.35. The van der Waals surface area contributed by atoms with Gasteiger partial charge in [0.25, 0.3) is 5.91 Å². The van der Waals surface area contributed by atoms with Gasteiger partial charge in [0.1, 0.15) is 11.5 Å². The Morgan fingerprint density at radius 1 is 0.946 bits per heavy atom. The van der Waals surface area contributed by atoms with Gasteiger partial charge in [-0.15, -0.1) is 0 Å². The molecule has 0 aliphatic carbocycles. The molecule has 2 heterocycles. The van der Waals surface area contributed by atoms with E-state index in [0.29, 0.717) is 48.2 Å². The van der Waals surface area contributed by atoms with Crippen molar-refractivity contribution in [3.8, 4) is 23.0 Å². The number of carbonyl (C=O) groups excluding carboxylic acids is 2. The molecule has 5 rings (SSSR count). The van der Waals surface area contributed by atoms with Gasteiger partial charge in [-0.05, 0) is 42.8 Å². The van der Waals surface area contributed by atoms with Crippen molar-refractivity contribution >= 4 is 11.8 Å². The van der Waals surface area contributed by atoms with Gasteiger partial charge in [0.2, 0.25) is 12.7 Å². The summed E-state index contributed by atoms with van der Waals surface area (Å²) in [7, 11) is 3.19. The molecule has 2 atom stereocenters. The maximum Gasteiger partial charge on any atom is 0.253 e. The quantitative estimate of drug-likeness (QED) is 0.527. The molecule has 2 amide bonds. The Kier molecular flexibility index (Phi) is 6.90. The first kappa shape index (κ1) is 24.5. The SMILES string of the molecule is COc1ccc([C@@H]2CN(C(=O)c3ccc(C)cc3)C[C@@H]2C(=O)NCc2ccc3c(c2)OCO3)c(OC)c1. The number of methoxy groups -OCH3 is 2. The molecule has 1 saturated heterocycles. The molecule has 0 aromatic heterocycles. The Labute approximate surface area is 216 Å². The zero-order chi connectivity index (χ0) is 25.9. The average Bonchev–Trinajstić information content (AvgIpc) is 3.58. The van der Waals surface area contributed by atoms with Gasteiger partial charge in [-0.3, -0.25) is 9.59 Å². The maximum absolute atomic E-state index is 13.5. The van der Waals surface area contributed by atoms with E-state index in [2.05, 4.69) is 5.32 Å². The van der Waals surface area contributed by atoms with E-state index in [4.69, 9.17) is 18.9 Å². The van der Waals surface area contributed by atoms with Gasteiger partial charge in [-0.1, -0.05) is 29.8 Å². The summed E-state index contributed by atoms with van der Waals surface area (Å²) >= 11 is 0. The number of hydrogen-bond acceptors (Lipinski definition) is 6. The molecule has 0 unspecified atom stereocenters. The first-order valence-electron chi connectivity index (χ1n) is 12.2. The van der Waals surface area contributed by atoms with Crippen molar-refractivity contribution in [3.05, 3.63) is 82.9 Å². The molecule has 0 radical (unpaired) electrons. The number of likely N-dealkylation sites (tertiary alicyclic amines) is 1. The van der Waals surface area contributed by atoms with Crippen molar-refractivity contribution in [3.63, 3.8) is 0 Å². The summed E-state index contributed by atoms with van der Waals surface area (Å²) in [5, 5.41) is 3.06. The van der Waals surface area contributed by atoms with E-state index in [1.54, 1.807) is 25.2 Å². The van der Waals surface area contributed by atoms with E-state index in [9.17, 15) is 9.59 Å². The van der Waals surface area contributed by atoms with E-state index in [1.807, 2.05) is 61.5 Å². The minimum absolute atomic E-state index is 0.0939. The second-order valence-corrected chi connectivity index (χ2v) is 9.30. The van der Waals surface area contributed by atoms with Crippen molar-refractivity contribution in [1.82, 2.24) is 10.2 Å². The fraction of sp³-hybridized carbons (Fsp3) is 0.310. The van der Waals surface area contributed by atoms with E-state index in [1.165, 1.54) is 0 Å². The van der Waals surface area contributed by atoms with Crippen LogP contribution in [-0.4, -0.2) is 50.8 Å². The number of fused-ring (bicyclic) bond motifs is 1. The predicted octanol–water partition coefficient (Wildman–Crippen LogP) is 3.91. The minimum atomic E-state index is -0.453. The van der Waals surface area contributed by atoms with Crippen LogP contribution in [0.15, 0.2) is 60.7 Å². The third kappa shape index (κ3) is 5.05. The lowest BCUT2D eigenvalue weighted by molar-refractivity contribution is -0.125. The molecule has 0 saturated carbocycles. The highest BCUT2D eigenvalue weighted by molar-refractivity contribution is 5.95. The average molecular weight is 503 g/mol. The summed E-state index contributed by atoms with van der Waals surface area (Å²) in [5.74, 6) is 1.74. The second kappa shape index (κ2) is 10.4. The third-order valence-electron chi connectivity index (χ3n) is 6.99. The summed E-state index contributed by atoms with van der Waals surface area (Å²) in [6.45, 7) is 3.22. The Bertz CT molecular complexity index is 1310. The molecule has 1 fully saturated rings. The van der Waals surface area contributed by atoms with E-state index >= 15 is 0 Å².